The van der Waals surface area contributed by atoms with E-state index in [1.165, 1.54) is 17.3 Å². The molecule has 2 aromatic carbocycles. The van der Waals surface area contributed by atoms with Crippen LogP contribution < -0.4 is 14.7 Å². The van der Waals surface area contributed by atoms with Crippen LogP contribution in [0.1, 0.15) is 67.9 Å². The molecular weight excluding hydrogens is 771 g/mol. The standard InChI is InChI=1S/C43H51N9O8/c1-41(2,3)58-38(54)51(31-17-15-30(16-18-31)48-21-23-49(24-22-48)37(53)57-28-29-13-11-10-12-14-29)36-35-45-19-20-50(35)27-33(47-36)32-25-44-26-34(46-32)52(39(55)59-42(4,5)6)40(56)60-43(7,8)9/h10-20,25-27H,21-24,28H2,1-9H3. The van der Waals surface area contributed by atoms with Gasteiger partial charge in [-0.05, 0) is 92.1 Å². The Balaban J connectivity index is 1.30. The highest BCUT2D eigenvalue weighted by Gasteiger charge is 2.35. The number of fused-ring (bicyclic) bond motifs is 1. The number of rotatable bonds is 7. The Morgan fingerprint density at radius 2 is 1.30 bits per heavy atom. The molecule has 5 aromatic rings. The molecule has 17 heteroatoms. The molecule has 0 spiro atoms. The maximum atomic E-state index is 14.2. The van der Waals surface area contributed by atoms with Gasteiger partial charge in [0, 0.05) is 50.5 Å². The lowest BCUT2D eigenvalue weighted by Crippen LogP contribution is -2.48. The number of piperazine rings is 1. The van der Waals surface area contributed by atoms with Crippen molar-refractivity contribution in [3.63, 3.8) is 0 Å². The summed E-state index contributed by atoms with van der Waals surface area (Å²) in [6.45, 7) is 17.6. The van der Waals surface area contributed by atoms with Crippen molar-refractivity contribution >= 4 is 53.0 Å². The highest BCUT2D eigenvalue weighted by atomic mass is 16.6. The lowest BCUT2D eigenvalue weighted by molar-refractivity contribution is 0.0427. The molecule has 1 aliphatic rings. The van der Waals surface area contributed by atoms with E-state index in [-0.39, 0.29) is 35.7 Å². The molecule has 0 aliphatic carbocycles. The van der Waals surface area contributed by atoms with Crippen molar-refractivity contribution < 1.29 is 38.1 Å². The first-order valence-corrected chi connectivity index (χ1v) is 19.5. The minimum absolute atomic E-state index is 0.116. The fraction of sp³-hybridized carbons (Fsp3) is 0.395. The van der Waals surface area contributed by atoms with Gasteiger partial charge in [-0.25, -0.2) is 39.0 Å². The van der Waals surface area contributed by atoms with Crippen LogP contribution in [0.5, 0.6) is 0 Å². The van der Waals surface area contributed by atoms with Crippen molar-refractivity contribution in [1.82, 2.24) is 29.2 Å². The second kappa shape index (κ2) is 17.2. The molecule has 17 nitrogen and oxygen atoms in total. The number of hydrogen-bond donors (Lipinski definition) is 0. The fourth-order valence-corrected chi connectivity index (χ4v) is 6.04. The Morgan fingerprint density at radius 3 is 1.90 bits per heavy atom. The molecule has 1 fully saturated rings. The zero-order valence-corrected chi connectivity index (χ0v) is 35.4. The summed E-state index contributed by atoms with van der Waals surface area (Å²) in [5, 5.41) is 0. The van der Waals surface area contributed by atoms with E-state index in [2.05, 4.69) is 19.9 Å². The Bertz CT molecular complexity index is 2300. The summed E-state index contributed by atoms with van der Waals surface area (Å²) in [6.07, 6.45) is 4.44. The smallest absolute Gasteiger partial charge is 0.425 e. The number of benzene rings is 2. The fourth-order valence-electron chi connectivity index (χ4n) is 6.04. The summed E-state index contributed by atoms with van der Waals surface area (Å²) >= 11 is 0. The molecule has 0 atom stereocenters. The molecule has 0 unspecified atom stereocenters. The molecule has 1 aliphatic heterocycles. The van der Waals surface area contributed by atoms with Crippen LogP contribution in [-0.2, 0) is 25.6 Å². The largest absolute Gasteiger partial charge is 0.445 e. The van der Waals surface area contributed by atoms with Crippen LogP contribution in [0.15, 0.2) is 85.6 Å². The normalized spacial score (nSPS) is 13.4. The van der Waals surface area contributed by atoms with Gasteiger partial charge in [0.1, 0.15) is 34.8 Å². The molecule has 316 valence electrons. The number of hydrogen-bond acceptors (Lipinski definition) is 13. The molecule has 1 saturated heterocycles. The van der Waals surface area contributed by atoms with Gasteiger partial charge in [-0.1, -0.05) is 30.3 Å². The van der Waals surface area contributed by atoms with Crippen LogP contribution in [0.4, 0.5) is 42.2 Å². The summed E-state index contributed by atoms with van der Waals surface area (Å²) in [4.78, 5) is 77.9. The predicted molar refractivity (Wildman–Crippen MR) is 224 cm³/mol. The summed E-state index contributed by atoms with van der Waals surface area (Å²) in [7, 11) is 0. The van der Waals surface area contributed by atoms with Crippen LogP contribution in [0.25, 0.3) is 17.0 Å². The summed E-state index contributed by atoms with van der Waals surface area (Å²) in [5.41, 5.74) is 0.207. The molecular formula is C43H51N9O8. The van der Waals surface area contributed by atoms with Gasteiger partial charge in [0.2, 0.25) is 0 Å². The van der Waals surface area contributed by atoms with Crippen molar-refractivity contribution in [3.8, 4) is 11.4 Å². The lowest BCUT2D eigenvalue weighted by atomic mass is 10.2. The number of amides is 4. The first-order chi connectivity index (χ1) is 28.2. The Labute approximate surface area is 348 Å². The van der Waals surface area contributed by atoms with Crippen molar-refractivity contribution in [2.24, 2.45) is 0 Å². The average Bonchev–Trinajstić information content (AvgIpc) is 3.65. The lowest BCUT2D eigenvalue weighted by Gasteiger charge is -2.35. The summed E-state index contributed by atoms with van der Waals surface area (Å²) in [5.74, 6) is -0.0555. The minimum atomic E-state index is -1.01. The van der Waals surface area contributed by atoms with Crippen molar-refractivity contribution in [2.45, 2.75) is 85.7 Å². The van der Waals surface area contributed by atoms with Crippen LogP contribution in [0.3, 0.4) is 0 Å². The summed E-state index contributed by atoms with van der Waals surface area (Å²) in [6, 6.07) is 16.9. The van der Waals surface area contributed by atoms with Crippen molar-refractivity contribution in [3.05, 3.63) is 91.1 Å². The monoisotopic (exact) mass is 821 g/mol. The van der Waals surface area contributed by atoms with E-state index >= 15 is 0 Å². The van der Waals surface area contributed by atoms with Crippen molar-refractivity contribution in [2.75, 3.05) is 40.9 Å². The quantitative estimate of drug-likeness (QED) is 0.143. The molecule has 4 amide bonds. The third kappa shape index (κ3) is 10.8. The van der Waals surface area contributed by atoms with E-state index < -0.39 is 35.1 Å². The van der Waals surface area contributed by atoms with Crippen LogP contribution in [-0.4, -0.2) is 96.6 Å². The van der Waals surface area contributed by atoms with Gasteiger partial charge in [0.15, 0.2) is 17.3 Å². The highest BCUT2D eigenvalue weighted by Crippen LogP contribution is 2.33. The number of anilines is 4. The summed E-state index contributed by atoms with van der Waals surface area (Å²) < 4.78 is 24.2. The number of imide groups is 1. The van der Waals surface area contributed by atoms with Crippen molar-refractivity contribution in [1.29, 1.82) is 0 Å². The number of nitrogens with zero attached hydrogens (tertiary/aromatic N) is 9. The molecule has 0 bridgehead atoms. The van der Waals surface area contributed by atoms with Gasteiger partial charge in [0.05, 0.1) is 18.1 Å². The van der Waals surface area contributed by atoms with Gasteiger partial charge in [0.25, 0.3) is 0 Å². The number of carbonyl (C=O) groups excluding carboxylic acids is 4. The second-order valence-electron chi connectivity index (χ2n) is 17.0. The number of aromatic nitrogens is 5. The molecule has 4 heterocycles. The molecule has 0 N–H and O–H groups in total. The Kier molecular flexibility index (Phi) is 12.3. The number of imidazole rings is 1. The van der Waals surface area contributed by atoms with E-state index in [0.717, 1.165) is 11.3 Å². The Morgan fingerprint density at radius 1 is 0.700 bits per heavy atom. The van der Waals surface area contributed by atoms with E-state index in [1.807, 2.05) is 42.5 Å². The van der Waals surface area contributed by atoms with E-state index in [1.54, 1.807) is 102 Å². The second-order valence-corrected chi connectivity index (χ2v) is 17.0. The third-order valence-corrected chi connectivity index (χ3v) is 8.63. The molecule has 3 aromatic heterocycles. The topological polar surface area (TPSA) is 174 Å². The average molecular weight is 822 g/mol. The number of ether oxygens (including phenoxy) is 4. The first-order valence-electron chi connectivity index (χ1n) is 19.5. The Hall–Kier alpha value is -6.78. The third-order valence-electron chi connectivity index (χ3n) is 8.63. The van der Waals surface area contributed by atoms with E-state index in [0.29, 0.717) is 42.4 Å². The van der Waals surface area contributed by atoms with Gasteiger partial charge in [-0.3, -0.25) is 4.98 Å². The maximum absolute atomic E-state index is 14.2. The van der Waals surface area contributed by atoms with Crippen LogP contribution in [0, 0.1) is 0 Å². The first kappa shape index (κ1) is 42.8. The van der Waals surface area contributed by atoms with Crippen LogP contribution in [0.2, 0.25) is 0 Å². The van der Waals surface area contributed by atoms with Gasteiger partial charge in [-0.15, -0.1) is 0 Å². The van der Waals surface area contributed by atoms with Crippen LogP contribution >= 0.6 is 0 Å². The number of carbonyl (C=O) groups is 4. The van der Waals surface area contributed by atoms with Gasteiger partial charge < -0.3 is 33.1 Å². The van der Waals surface area contributed by atoms with E-state index in [9.17, 15) is 19.2 Å². The molecule has 0 radical (unpaired) electrons. The van der Waals surface area contributed by atoms with E-state index in [4.69, 9.17) is 23.9 Å². The zero-order chi connectivity index (χ0) is 43.4. The van der Waals surface area contributed by atoms with Gasteiger partial charge >= 0.3 is 24.4 Å². The van der Waals surface area contributed by atoms with Gasteiger partial charge in [-0.2, -0.15) is 4.90 Å². The molecule has 6 rings (SSSR count). The molecule has 60 heavy (non-hydrogen) atoms. The predicted octanol–water partition coefficient (Wildman–Crippen LogP) is 8.39. The molecule has 0 saturated carbocycles. The zero-order valence-electron chi connectivity index (χ0n) is 35.4. The maximum Gasteiger partial charge on any atom is 0.425 e. The highest BCUT2D eigenvalue weighted by molar-refractivity contribution is 6.08. The minimum Gasteiger partial charge on any atom is -0.445 e. The SMILES string of the molecule is CC(C)(C)OC(=O)N(C(=O)OC(C)(C)C)c1cncc(-c2cn3ccnc3c(N(C(=O)OC(C)(C)C)c3ccc(N4CCN(C(=O)OCc5ccccc5)CC4)cc3)n2)n1.